The number of primary amides is 1. The molecule has 1 atom stereocenters. The van der Waals surface area contributed by atoms with E-state index in [1.807, 2.05) is 6.92 Å². The molecular formula is C15H31N3O. The maximum atomic E-state index is 11.4. The molecule has 112 valence electrons. The van der Waals surface area contributed by atoms with Gasteiger partial charge in [-0.05, 0) is 71.5 Å². The maximum Gasteiger partial charge on any atom is 0.237 e. The normalized spacial score (nSPS) is 18.5. The van der Waals surface area contributed by atoms with Gasteiger partial charge in [0.25, 0.3) is 0 Å². The van der Waals surface area contributed by atoms with Gasteiger partial charge < -0.3 is 16.0 Å². The van der Waals surface area contributed by atoms with E-state index in [0.717, 1.165) is 31.7 Å². The third-order valence-electron chi connectivity index (χ3n) is 4.25. The van der Waals surface area contributed by atoms with Crippen LogP contribution in [0.25, 0.3) is 0 Å². The number of unbranched alkanes of at least 4 members (excludes halogenated alkanes) is 1. The molecule has 0 saturated heterocycles. The van der Waals surface area contributed by atoms with Crippen LogP contribution in [0.5, 0.6) is 0 Å². The molecule has 1 aliphatic carbocycles. The Morgan fingerprint density at radius 3 is 2.53 bits per heavy atom. The largest absolute Gasteiger partial charge is 0.368 e. The molecule has 0 radical (unpaired) electrons. The molecule has 4 heteroatoms. The first-order chi connectivity index (χ1) is 9.01. The molecule has 19 heavy (non-hydrogen) atoms. The summed E-state index contributed by atoms with van der Waals surface area (Å²) in [4.78, 5) is 14.0. The number of carbonyl (C=O) groups excluding carboxylic acids is 1. The zero-order valence-electron chi connectivity index (χ0n) is 12.9. The van der Waals surface area contributed by atoms with Gasteiger partial charge in [0.15, 0.2) is 0 Å². The third kappa shape index (κ3) is 5.91. The molecular weight excluding hydrogens is 238 g/mol. The fourth-order valence-corrected chi connectivity index (χ4v) is 2.46. The standard InChI is InChI=1S/C15H31N3O/c1-4-10-18(12-13-7-8-13)11-6-5-9-15(2,17-3)14(16)19/h13,17H,4-12H2,1-3H3,(H2,16,19). The van der Waals surface area contributed by atoms with Gasteiger partial charge in [0.05, 0.1) is 5.54 Å². The van der Waals surface area contributed by atoms with Crippen molar-refractivity contribution in [1.29, 1.82) is 0 Å². The number of rotatable bonds is 11. The molecule has 1 aliphatic rings. The summed E-state index contributed by atoms with van der Waals surface area (Å²) in [5.74, 6) is 0.707. The highest BCUT2D eigenvalue weighted by Crippen LogP contribution is 2.29. The van der Waals surface area contributed by atoms with Crippen molar-refractivity contribution in [3.05, 3.63) is 0 Å². The number of hydrogen-bond donors (Lipinski definition) is 2. The number of nitrogens with zero attached hydrogens (tertiary/aromatic N) is 1. The zero-order valence-corrected chi connectivity index (χ0v) is 12.9. The summed E-state index contributed by atoms with van der Waals surface area (Å²) in [7, 11) is 1.81. The van der Waals surface area contributed by atoms with E-state index in [2.05, 4.69) is 17.1 Å². The molecule has 4 nitrogen and oxygen atoms in total. The van der Waals surface area contributed by atoms with Crippen LogP contribution in [0.1, 0.15) is 52.4 Å². The van der Waals surface area contributed by atoms with E-state index < -0.39 is 5.54 Å². The summed E-state index contributed by atoms with van der Waals surface area (Å²) in [6.07, 6.45) is 7.08. The van der Waals surface area contributed by atoms with Crippen LogP contribution >= 0.6 is 0 Å². The average molecular weight is 269 g/mol. The fraction of sp³-hybridized carbons (Fsp3) is 0.933. The number of likely N-dealkylation sites (N-methyl/N-ethyl adjacent to an activating group) is 1. The van der Waals surface area contributed by atoms with Crippen molar-refractivity contribution in [2.45, 2.75) is 57.9 Å². The first-order valence-corrected chi connectivity index (χ1v) is 7.73. The van der Waals surface area contributed by atoms with Gasteiger partial charge in [-0.2, -0.15) is 0 Å². The minimum atomic E-state index is -0.550. The molecule has 0 aromatic carbocycles. The Labute approximate surface area is 118 Å². The van der Waals surface area contributed by atoms with Crippen molar-refractivity contribution in [3.63, 3.8) is 0 Å². The Morgan fingerprint density at radius 2 is 2.05 bits per heavy atom. The molecule has 1 unspecified atom stereocenters. The molecule has 0 aromatic heterocycles. The van der Waals surface area contributed by atoms with Crippen LogP contribution in [-0.2, 0) is 4.79 Å². The van der Waals surface area contributed by atoms with Crippen molar-refractivity contribution in [2.24, 2.45) is 11.7 Å². The Bertz CT molecular complexity index is 279. The second kappa shape index (κ2) is 7.85. The van der Waals surface area contributed by atoms with Gasteiger partial charge in [0, 0.05) is 6.54 Å². The van der Waals surface area contributed by atoms with Crippen LogP contribution in [0, 0.1) is 5.92 Å². The van der Waals surface area contributed by atoms with E-state index in [-0.39, 0.29) is 5.91 Å². The first-order valence-electron chi connectivity index (χ1n) is 7.73. The lowest BCUT2D eigenvalue weighted by atomic mass is 9.94. The Kier molecular flexibility index (Phi) is 6.80. The minimum Gasteiger partial charge on any atom is -0.368 e. The van der Waals surface area contributed by atoms with Crippen molar-refractivity contribution in [3.8, 4) is 0 Å². The molecule has 3 N–H and O–H groups in total. The van der Waals surface area contributed by atoms with E-state index >= 15 is 0 Å². The Balaban J connectivity index is 2.21. The second-order valence-electron chi connectivity index (χ2n) is 6.15. The van der Waals surface area contributed by atoms with E-state index in [4.69, 9.17) is 5.73 Å². The highest BCUT2D eigenvalue weighted by Gasteiger charge is 2.28. The fourth-order valence-electron chi connectivity index (χ4n) is 2.46. The van der Waals surface area contributed by atoms with Crippen molar-refractivity contribution in [1.82, 2.24) is 10.2 Å². The van der Waals surface area contributed by atoms with Crippen LogP contribution in [-0.4, -0.2) is 43.0 Å². The summed E-state index contributed by atoms with van der Waals surface area (Å²) >= 11 is 0. The molecule has 1 fully saturated rings. The molecule has 0 aromatic rings. The van der Waals surface area contributed by atoms with Gasteiger partial charge >= 0.3 is 0 Å². The van der Waals surface area contributed by atoms with Crippen LogP contribution in [0.15, 0.2) is 0 Å². The van der Waals surface area contributed by atoms with Crippen molar-refractivity contribution in [2.75, 3.05) is 26.7 Å². The van der Waals surface area contributed by atoms with Gasteiger partial charge in [-0.1, -0.05) is 6.92 Å². The van der Waals surface area contributed by atoms with Crippen molar-refractivity contribution >= 4 is 5.91 Å². The van der Waals surface area contributed by atoms with Gasteiger partial charge in [-0.3, -0.25) is 4.79 Å². The van der Waals surface area contributed by atoms with E-state index in [0.29, 0.717) is 0 Å². The summed E-state index contributed by atoms with van der Waals surface area (Å²) in [5, 5.41) is 3.05. The van der Waals surface area contributed by atoms with Crippen LogP contribution < -0.4 is 11.1 Å². The van der Waals surface area contributed by atoms with Gasteiger partial charge in [0.1, 0.15) is 0 Å². The smallest absolute Gasteiger partial charge is 0.237 e. The summed E-state index contributed by atoms with van der Waals surface area (Å²) in [6.45, 7) is 7.76. The molecule has 0 heterocycles. The highest BCUT2D eigenvalue weighted by molar-refractivity contribution is 5.84. The summed E-state index contributed by atoms with van der Waals surface area (Å²) < 4.78 is 0. The average Bonchev–Trinajstić information content (AvgIpc) is 3.18. The number of hydrogen-bond acceptors (Lipinski definition) is 3. The molecule has 1 amide bonds. The number of nitrogens with one attached hydrogen (secondary N) is 1. The summed E-state index contributed by atoms with van der Waals surface area (Å²) in [6, 6.07) is 0. The molecule has 0 aliphatic heterocycles. The van der Waals surface area contributed by atoms with Gasteiger partial charge in [-0.25, -0.2) is 0 Å². The lowest BCUT2D eigenvalue weighted by Gasteiger charge is -2.26. The van der Waals surface area contributed by atoms with E-state index in [9.17, 15) is 4.79 Å². The molecule has 0 spiro atoms. The quantitative estimate of drug-likeness (QED) is 0.562. The third-order valence-corrected chi connectivity index (χ3v) is 4.25. The number of carbonyl (C=O) groups is 1. The number of nitrogens with two attached hydrogens (primary N) is 1. The summed E-state index contributed by atoms with van der Waals surface area (Å²) in [5.41, 5.74) is 4.88. The topological polar surface area (TPSA) is 58.4 Å². The predicted octanol–water partition coefficient (Wildman–Crippen LogP) is 1.74. The minimum absolute atomic E-state index is 0.251. The van der Waals surface area contributed by atoms with E-state index in [1.54, 1.807) is 7.05 Å². The lowest BCUT2D eigenvalue weighted by Crippen LogP contribution is -2.51. The SMILES string of the molecule is CCCN(CCCCC(C)(NC)C(N)=O)CC1CC1. The predicted molar refractivity (Wildman–Crippen MR) is 80.0 cm³/mol. The highest BCUT2D eigenvalue weighted by atomic mass is 16.1. The van der Waals surface area contributed by atoms with Crippen molar-refractivity contribution < 1.29 is 4.79 Å². The Morgan fingerprint density at radius 1 is 1.37 bits per heavy atom. The lowest BCUT2D eigenvalue weighted by molar-refractivity contribution is -0.123. The van der Waals surface area contributed by atoms with E-state index in [1.165, 1.54) is 32.4 Å². The van der Waals surface area contributed by atoms with Crippen LogP contribution in [0.2, 0.25) is 0 Å². The second-order valence-corrected chi connectivity index (χ2v) is 6.15. The van der Waals surface area contributed by atoms with Gasteiger partial charge in [-0.15, -0.1) is 0 Å². The molecule has 1 rings (SSSR count). The van der Waals surface area contributed by atoms with Crippen LogP contribution in [0.4, 0.5) is 0 Å². The first kappa shape index (κ1) is 16.4. The monoisotopic (exact) mass is 269 g/mol. The molecule has 0 bridgehead atoms. The number of amides is 1. The maximum absolute atomic E-state index is 11.4. The molecule has 1 saturated carbocycles. The van der Waals surface area contributed by atoms with Gasteiger partial charge in [0.2, 0.25) is 5.91 Å². The zero-order chi connectivity index (χ0) is 14.3. The van der Waals surface area contributed by atoms with Crippen LogP contribution in [0.3, 0.4) is 0 Å². The Hall–Kier alpha value is -0.610.